The summed E-state index contributed by atoms with van der Waals surface area (Å²) < 4.78 is 5.63. The second-order valence-corrected chi connectivity index (χ2v) is 6.67. The molecule has 116 valence electrons. The first-order valence-electron chi connectivity index (χ1n) is 7.09. The maximum atomic E-state index is 12.1. The molecule has 0 saturated heterocycles. The van der Waals surface area contributed by atoms with Gasteiger partial charge < -0.3 is 15.2 Å². The third-order valence-corrected chi connectivity index (χ3v) is 3.66. The molecule has 1 aliphatic carbocycles. The van der Waals surface area contributed by atoms with Crippen LogP contribution in [0.3, 0.4) is 0 Å². The summed E-state index contributed by atoms with van der Waals surface area (Å²) in [7, 11) is 0. The van der Waals surface area contributed by atoms with Crippen molar-refractivity contribution >= 4 is 17.5 Å². The van der Waals surface area contributed by atoms with Crippen LogP contribution in [0.15, 0.2) is 12.3 Å². The average Bonchev–Trinajstić information content (AvgIpc) is 3.28. The van der Waals surface area contributed by atoms with Crippen molar-refractivity contribution in [1.82, 2.24) is 10.3 Å². The number of hydrogen-bond acceptors (Lipinski definition) is 4. The molecule has 1 saturated carbocycles. The fourth-order valence-corrected chi connectivity index (χ4v) is 1.77. The van der Waals surface area contributed by atoms with Gasteiger partial charge in [0.1, 0.15) is 16.5 Å². The molecule has 2 N–H and O–H groups in total. The highest BCUT2D eigenvalue weighted by Crippen LogP contribution is 2.31. The lowest BCUT2D eigenvalue weighted by atomic mass is 9.95. The monoisotopic (exact) mass is 312 g/mol. The summed E-state index contributed by atoms with van der Waals surface area (Å²) in [4.78, 5) is 16.1. The summed E-state index contributed by atoms with van der Waals surface area (Å²) in [6.07, 6.45) is 3.80. The fourth-order valence-electron chi connectivity index (χ4n) is 1.61. The zero-order valence-electron chi connectivity index (χ0n) is 12.4. The molecule has 0 bridgehead atoms. The minimum atomic E-state index is -0.368. The van der Waals surface area contributed by atoms with Crippen LogP contribution >= 0.6 is 11.6 Å². The van der Waals surface area contributed by atoms with Crippen molar-refractivity contribution in [2.75, 3.05) is 19.8 Å². The predicted octanol–water partition coefficient (Wildman–Crippen LogP) is 2.27. The lowest BCUT2D eigenvalue weighted by molar-refractivity contribution is 0.0905. The summed E-state index contributed by atoms with van der Waals surface area (Å²) in [5, 5.41) is 12.3. The second kappa shape index (κ2) is 6.62. The maximum absolute atomic E-state index is 12.1. The van der Waals surface area contributed by atoms with Crippen LogP contribution in [0.4, 0.5) is 0 Å². The fraction of sp³-hybridized carbons (Fsp3) is 0.600. The predicted molar refractivity (Wildman–Crippen MR) is 80.7 cm³/mol. The average molecular weight is 313 g/mol. The van der Waals surface area contributed by atoms with Gasteiger partial charge in [-0.25, -0.2) is 4.98 Å². The summed E-state index contributed by atoms with van der Waals surface area (Å²) in [5.41, 5.74) is -0.105. The Balaban J connectivity index is 1.97. The highest BCUT2D eigenvalue weighted by Gasteiger charge is 2.23. The topological polar surface area (TPSA) is 71.5 Å². The lowest BCUT2D eigenvalue weighted by Crippen LogP contribution is -2.36. The molecule has 0 radical (unpaired) electrons. The summed E-state index contributed by atoms with van der Waals surface area (Å²) in [6, 6.07) is 1.56. The number of halogens is 1. The number of amides is 1. The van der Waals surface area contributed by atoms with Gasteiger partial charge >= 0.3 is 0 Å². The van der Waals surface area contributed by atoms with Crippen LogP contribution in [0.2, 0.25) is 5.02 Å². The van der Waals surface area contributed by atoms with Gasteiger partial charge in [0.05, 0.1) is 12.8 Å². The molecule has 21 heavy (non-hydrogen) atoms. The van der Waals surface area contributed by atoms with E-state index in [1.54, 1.807) is 6.07 Å². The quantitative estimate of drug-likeness (QED) is 0.810. The van der Waals surface area contributed by atoms with E-state index in [9.17, 15) is 9.90 Å². The van der Waals surface area contributed by atoms with Crippen molar-refractivity contribution in [3.8, 4) is 5.75 Å². The molecular formula is C15H21ClN2O3. The number of rotatable bonds is 7. The Labute approximate surface area is 129 Å². The number of nitrogens with one attached hydrogen (secondary N) is 1. The van der Waals surface area contributed by atoms with Crippen molar-refractivity contribution in [1.29, 1.82) is 0 Å². The minimum Gasteiger partial charge on any atom is -0.492 e. The van der Waals surface area contributed by atoms with Gasteiger partial charge in [-0.15, -0.1) is 0 Å². The molecular weight excluding hydrogens is 292 g/mol. The molecule has 1 aliphatic rings. The van der Waals surface area contributed by atoms with Crippen LogP contribution in [-0.4, -0.2) is 35.8 Å². The minimum absolute atomic E-state index is 0.00290. The smallest absolute Gasteiger partial charge is 0.270 e. The summed E-state index contributed by atoms with van der Waals surface area (Å²) in [5.74, 6) is 0.798. The number of nitrogens with zero attached hydrogens (tertiary/aromatic N) is 1. The van der Waals surface area contributed by atoms with Crippen molar-refractivity contribution in [3.63, 3.8) is 0 Å². The van der Waals surface area contributed by atoms with E-state index < -0.39 is 0 Å². The van der Waals surface area contributed by atoms with Crippen LogP contribution in [-0.2, 0) is 0 Å². The largest absolute Gasteiger partial charge is 0.492 e. The van der Waals surface area contributed by atoms with E-state index in [1.807, 2.05) is 13.8 Å². The molecule has 1 heterocycles. The molecule has 0 spiro atoms. The molecule has 1 aromatic rings. The molecule has 2 rings (SSSR count). The Hall–Kier alpha value is -1.33. The highest BCUT2D eigenvalue weighted by atomic mass is 35.5. The molecule has 0 aromatic carbocycles. The molecule has 0 atom stereocenters. The number of aliphatic hydroxyl groups excluding tert-OH is 1. The lowest BCUT2D eigenvalue weighted by Gasteiger charge is -2.21. The zero-order valence-corrected chi connectivity index (χ0v) is 13.1. The Morgan fingerprint density at radius 1 is 1.57 bits per heavy atom. The van der Waals surface area contributed by atoms with E-state index in [2.05, 4.69) is 10.3 Å². The van der Waals surface area contributed by atoms with E-state index in [0.29, 0.717) is 29.8 Å². The van der Waals surface area contributed by atoms with E-state index in [-0.39, 0.29) is 23.6 Å². The summed E-state index contributed by atoms with van der Waals surface area (Å²) in [6.45, 7) is 4.73. The van der Waals surface area contributed by atoms with Gasteiger partial charge in [-0.2, -0.15) is 0 Å². The first-order valence-corrected chi connectivity index (χ1v) is 7.46. The molecule has 1 fully saturated rings. The van der Waals surface area contributed by atoms with Crippen molar-refractivity contribution < 1.29 is 14.6 Å². The molecule has 1 aromatic heterocycles. The first kappa shape index (κ1) is 16.0. The standard InChI is InChI=1S/C15H21ClN2O3/c1-15(2,9-19)8-18-14(20)12-5-13(11(16)6-17-12)21-7-10-3-4-10/h5-6,10,19H,3-4,7-9H2,1-2H3,(H,18,20). The first-order chi connectivity index (χ1) is 9.91. The number of aliphatic hydroxyl groups is 1. The number of ether oxygens (including phenoxy) is 1. The van der Waals surface area contributed by atoms with Crippen LogP contribution in [0, 0.1) is 11.3 Å². The van der Waals surface area contributed by atoms with Gasteiger partial charge in [0.25, 0.3) is 5.91 Å². The normalized spacial score (nSPS) is 14.9. The van der Waals surface area contributed by atoms with Gasteiger partial charge in [0.15, 0.2) is 0 Å². The number of aromatic nitrogens is 1. The molecule has 5 nitrogen and oxygen atoms in total. The van der Waals surface area contributed by atoms with E-state index in [0.717, 1.165) is 0 Å². The van der Waals surface area contributed by atoms with Crippen molar-refractivity contribution in [3.05, 3.63) is 23.0 Å². The number of carbonyl (C=O) groups is 1. The van der Waals surface area contributed by atoms with E-state index >= 15 is 0 Å². The van der Waals surface area contributed by atoms with Crippen LogP contribution in [0.1, 0.15) is 37.2 Å². The Morgan fingerprint density at radius 2 is 2.29 bits per heavy atom. The van der Waals surface area contributed by atoms with Crippen LogP contribution < -0.4 is 10.1 Å². The SMILES string of the molecule is CC(C)(CO)CNC(=O)c1cc(OCC2CC2)c(Cl)cn1. The molecule has 0 unspecified atom stereocenters. The second-order valence-electron chi connectivity index (χ2n) is 6.26. The number of carbonyl (C=O) groups excluding carboxylic acids is 1. The molecule has 1 amide bonds. The van der Waals surface area contributed by atoms with Gasteiger partial charge in [-0.3, -0.25) is 4.79 Å². The highest BCUT2D eigenvalue weighted by molar-refractivity contribution is 6.32. The molecule has 0 aliphatic heterocycles. The summed E-state index contributed by atoms with van der Waals surface area (Å²) >= 11 is 6.02. The molecule has 6 heteroatoms. The third-order valence-electron chi connectivity index (χ3n) is 3.38. The van der Waals surface area contributed by atoms with Crippen LogP contribution in [0.25, 0.3) is 0 Å². The van der Waals surface area contributed by atoms with Crippen LogP contribution in [0.5, 0.6) is 5.75 Å². The van der Waals surface area contributed by atoms with Gasteiger partial charge in [0, 0.05) is 24.6 Å². The number of hydrogen-bond donors (Lipinski definition) is 2. The number of pyridine rings is 1. The van der Waals surface area contributed by atoms with Gasteiger partial charge in [-0.05, 0) is 18.8 Å². The van der Waals surface area contributed by atoms with Gasteiger partial charge in [0.2, 0.25) is 0 Å². The Kier molecular flexibility index (Phi) is 5.06. The Bertz CT molecular complexity index is 516. The van der Waals surface area contributed by atoms with Crippen molar-refractivity contribution in [2.24, 2.45) is 11.3 Å². The third kappa shape index (κ3) is 4.86. The van der Waals surface area contributed by atoms with E-state index in [4.69, 9.17) is 16.3 Å². The Morgan fingerprint density at radius 3 is 2.90 bits per heavy atom. The van der Waals surface area contributed by atoms with Crippen molar-refractivity contribution in [2.45, 2.75) is 26.7 Å². The zero-order chi connectivity index (χ0) is 15.5. The van der Waals surface area contributed by atoms with Gasteiger partial charge in [-0.1, -0.05) is 25.4 Å². The maximum Gasteiger partial charge on any atom is 0.270 e. The van der Waals surface area contributed by atoms with E-state index in [1.165, 1.54) is 19.0 Å².